The molecule has 0 saturated carbocycles. The third-order valence-electron chi connectivity index (χ3n) is 5.16. The molecule has 0 saturated heterocycles. The van der Waals surface area contributed by atoms with Crippen molar-refractivity contribution in [3.8, 4) is 5.75 Å². The summed E-state index contributed by atoms with van der Waals surface area (Å²) in [6.07, 6.45) is 4.69. The van der Waals surface area contributed by atoms with Crippen molar-refractivity contribution in [2.75, 3.05) is 26.2 Å². The highest BCUT2D eigenvalue weighted by Crippen LogP contribution is 2.18. The highest BCUT2D eigenvalue weighted by molar-refractivity contribution is 6.30. The van der Waals surface area contributed by atoms with Gasteiger partial charge < -0.3 is 19.5 Å². The number of hydrogen-bond acceptors (Lipinski definition) is 4. The Morgan fingerprint density at radius 2 is 1.79 bits per heavy atom. The SMILES string of the molecule is C=CCN(CC=C)C(=O)Cn1c(CCCNC(=O)COc2ccc(Cl)cc2)nc2ccccc21. The van der Waals surface area contributed by atoms with Gasteiger partial charge in [-0.05, 0) is 42.8 Å². The molecule has 7 nitrogen and oxygen atoms in total. The average Bonchev–Trinajstić information content (AvgIpc) is 3.18. The average molecular weight is 481 g/mol. The lowest BCUT2D eigenvalue weighted by Crippen LogP contribution is -2.34. The van der Waals surface area contributed by atoms with E-state index in [9.17, 15) is 9.59 Å². The van der Waals surface area contributed by atoms with E-state index in [1.165, 1.54) is 0 Å². The lowest BCUT2D eigenvalue weighted by Gasteiger charge is -2.20. The van der Waals surface area contributed by atoms with Crippen molar-refractivity contribution in [1.29, 1.82) is 0 Å². The molecule has 0 aliphatic rings. The van der Waals surface area contributed by atoms with Crippen molar-refractivity contribution in [3.05, 3.63) is 84.7 Å². The van der Waals surface area contributed by atoms with E-state index < -0.39 is 0 Å². The third-order valence-corrected chi connectivity index (χ3v) is 5.41. The maximum atomic E-state index is 12.9. The minimum Gasteiger partial charge on any atom is -0.484 e. The zero-order valence-electron chi connectivity index (χ0n) is 19.1. The first-order chi connectivity index (χ1) is 16.5. The van der Waals surface area contributed by atoms with Crippen LogP contribution in [0.25, 0.3) is 11.0 Å². The van der Waals surface area contributed by atoms with Crippen LogP contribution in [0.1, 0.15) is 12.2 Å². The predicted octanol–water partition coefficient (Wildman–Crippen LogP) is 4.02. The van der Waals surface area contributed by atoms with Crippen LogP contribution in [-0.4, -0.2) is 52.5 Å². The standard InChI is InChI=1S/C26H29ClN4O3/c1-3-16-30(17-4-2)26(33)18-31-23-9-6-5-8-22(23)29-24(31)10-7-15-28-25(32)19-34-21-13-11-20(27)12-14-21/h3-6,8-9,11-14H,1-2,7,10,15-19H2,(H,28,32). The van der Waals surface area contributed by atoms with Crippen molar-refractivity contribution >= 4 is 34.4 Å². The fourth-order valence-electron chi connectivity index (χ4n) is 3.52. The number of carbonyl (C=O) groups excluding carboxylic acids is 2. The van der Waals surface area contributed by atoms with E-state index in [0.29, 0.717) is 43.2 Å². The van der Waals surface area contributed by atoms with Gasteiger partial charge in [0.15, 0.2) is 6.61 Å². The molecular formula is C26H29ClN4O3. The fourth-order valence-corrected chi connectivity index (χ4v) is 3.65. The van der Waals surface area contributed by atoms with Gasteiger partial charge in [-0.3, -0.25) is 9.59 Å². The summed E-state index contributed by atoms with van der Waals surface area (Å²) in [5, 5.41) is 3.47. The second kappa shape index (κ2) is 12.6. The lowest BCUT2D eigenvalue weighted by atomic mass is 10.3. The molecule has 178 valence electrons. The zero-order valence-corrected chi connectivity index (χ0v) is 19.8. The molecule has 3 rings (SSSR count). The number of nitrogens with one attached hydrogen (secondary N) is 1. The summed E-state index contributed by atoms with van der Waals surface area (Å²) in [7, 11) is 0. The summed E-state index contributed by atoms with van der Waals surface area (Å²) in [5.41, 5.74) is 1.74. The molecular weight excluding hydrogens is 452 g/mol. The van der Waals surface area contributed by atoms with Crippen molar-refractivity contribution in [3.63, 3.8) is 0 Å². The number of aromatic nitrogens is 2. The molecule has 0 spiro atoms. The summed E-state index contributed by atoms with van der Waals surface area (Å²) in [6, 6.07) is 14.6. The Kier molecular flexibility index (Phi) is 9.29. The highest BCUT2D eigenvalue weighted by Gasteiger charge is 2.17. The van der Waals surface area contributed by atoms with Crippen LogP contribution in [0.2, 0.25) is 5.02 Å². The van der Waals surface area contributed by atoms with Gasteiger partial charge in [-0.25, -0.2) is 4.98 Å². The molecule has 1 N–H and O–H groups in total. The zero-order chi connectivity index (χ0) is 24.3. The third kappa shape index (κ3) is 6.96. The number of nitrogens with zero attached hydrogens (tertiary/aromatic N) is 3. The number of carbonyl (C=O) groups is 2. The lowest BCUT2D eigenvalue weighted by molar-refractivity contribution is -0.130. The molecule has 34 heavy (non-hydrogen) atoms. The topological polar surface area (TPSA) is 76.5 Å². The molecule has 2 aromatic carbocycles. The Hall–Kier alpha value is -3.58. The monoisotopic (exact) mass is 480 g/mol. The number of halogens is 1. The smallest absolute Gasteiger partial charge is 0.257 e. The van der Waals surface area contributed by atoms with Crippen LogP contribution >= 0.6 is 11.6 Å². The minimum atomic E-state index is -0.205. The van der Waals surface area contributed by atoms with Crippen molar-refractivity contribution in [2.24, 2.45) is 0 Å². The molecule has 0 atom stereocenters. The molecule has 0 aliphatic carbocycles. The molecule has 0 radical (unpaired) electrons. The van der Waals surface area contributed by atoms with E-state index in [1.54, 1.807) is 41.3 Å². The molecule has 0 bridgehead atoms. The number of benzene rings is 2. The van der Waals surface area contributed by atoms with Gasteiger partial charge in [0.2, 0.25) is 5.91 Å². The second-order valence-electron chi connectivity index (χ2n) is 7.68. The number of rotatable bonds is 13. The van der Waals surface area contributed by atoms with E-state index in [4.69, 9.17) is 21.3 Å². The van der Waals surface area contributed by atoms with Gasteiger partial charge in [0.1, 0.15) is 18.1 Å². The second-order valence-corrected chi connectivity index (χ2v) is 8.11. The number of ether oxygens (including phenoxy) is 1. The molecule has 1 aromatic heterocycles. The van der Waals surface area contributed by atoms with Crippen molar-refractivity contribution in [2.45, 2.75) is 19.4 Å². The van der Waals surface area contributed by atoms with Gasteiger partial charge in [-0.1, -0.05) is 35.9 Å². The molecule has 3 aromatic rings. The first-order valence-corrected chi connectivity index (χ1v) is 11.5. The van der Waals surface area contributed by atoms with Gasteiger partial charge in [0, 0.05) is 31.1 Å². The van der Waals surface area contributed by atoms with E-state index in [2.05, 4.69) is 18.5 Å². The Bertz CT molecular complexity index is 1130. The van der Waals surface area contributed by atoms with Crippen LogP contribution in [0.5, 0.6) is 5.75 Å². The molecule has 0 unspecified atom stereocenters. The summed E-state index contributed by atoms with van der Waals surface area (Å²) >= 11 is 5.85. The predicted molar refractivity (Wildman–Crippen MR) is 135 cm³/mol. The Morgan fingerprint density at radius 3 is 2.50 bits per heavy atom. The molecule has 2 amide bonds. The molecule has 0 aliphatic heterocycles. The maximum absolute atomic E-state index is 12.9. The van der Waals surface area contributed by atoms with Crippen molar-refractivity contribution < 1.29 is 14.3 Å². The number of imidazole rings is 1. The number of hydrogen-bond donors (Lipinski definition) is 1. The van der Waals surface area contributed by atoms with Gasteiger partial charge in [0.25, 0.3) is 5.91 Å². The molecule has 1 heterocycles. The number of aryl methyl sites for hydroxylation is 1. The summed E-state index contributed by atoms with van der Waals surface area (Å²) in [4.78, 5) is 31.4. The van der Waals surface area contributed by atoms with Crippen molar-refractivity contribution in [1.82, 2.24) is 19.8 Å². The Morgan fingerprint density at radius 1 is 1.09 bits per heavy atom. The first-order valence-electron chi connectivity index (χ1n) is 11.1. The van der Waals surface area contributed by atoms with Crippen LogP contribution in [0, 0.1) is 0 Å². The number of amides is 2. The largest absolute Gasteiger partial charge is 0.484 e. The fraction of sp³-hybridized carbons (Fsp3) is 0.269. The Balaban J connectivity index is 1.57. The molecule has 8 heteroatoms. The Labute approximate surface area is 204 Å². The van der Waals surface area contributed by atoms with Gasteiger partial charge in [-0.15, -0.1) is 13.2 Å². The summed E-state index contributed by atoms with van der Waals surface area (Å²) in [5.74, 6) is 1.15. The van der Waals surface area contributed by atoms with Gasteiger partial charge in [0.05, 0.1) is 11.0 Å². The van der Waals surface area contributed by atoms with E-state index in [0.717, 1.165) is 16.9 Å². The van der Waals surface area contributed by atoms with Crippen LogP contribution in [0.15, 0.2) is 73.8 Å². The summed E-state index contributed by atoms with van der Waals surface area (Å²) < 4.78 is 7.41. The van der Waals surface area contributed by atoms with E-state index >= 15 is 0 Å². The van der Waals surface area contributed by atoms with Crippen LogP contribution in [0.4, 0.5) is 0 Å². The molecule has 0 fully saturated rings. The van der Waals surface area contributed by atoms with E-state index in [-0.39, 0.29) is 25.0 Å². The van der Waals surface area contributed by atoms with Gasteiger partial charge >= 0.3 is 0 Å². The first kappa shape index (κ1) is 25.1. The normalized spacial score (nSPS) is 10.6. The van der Waals surface area contributed by atoms with Crippen LogP contribution < -0.4 is 10.1 Å². The van der Waals surface area contributed by atoms with Gasteiger partial charge in [-0.2, -0.15) is 0 Å². The minimum absolute atomic E-state index is 0.0307. The van der Waals surface area contributed by atoms with Crippen LogP contribution in [-0.2, 0) is 22.6 Å². The van der Waals surface area contributed by atoms with Crippen LogP contribution in [0.3, 0.4) is 0 Å². The summed E-state index contributed by atoms with van der Waals surface area (Å²) in [6.45, 7) is 8.95. The quantitative estimate of drug-likeness (QED) is 0.296. The number of fused-ring (bicyclic) bond motifs is 1. The van der Waals surface area contributed by atoms with E-state index in [1.807, 2.05) is 28.8 Å². The highest BCUT2D eigenvalue weighted by atomic mass is 35.5. The number of para-hydroxylation sites is 2. The maximum Gasteiger partial charge on any atom is 0.257 e.